The van der Waals surface area contributed by atoms with Crippen LogP contribution < -0.4 is 5.46 Å². The maximum atomic E-state index is 12.4. The van der Waals surface area contributed by atoms with Crippen molar-refractivity contribution in [2.24, 2.45) is 5.92 Å². The molecule has 0 unspecified atom stereocenters. The van der Waals surface area contributed by atoms with Gasteiger partial charge >= 0.3 is 7.12 Å². The Balaban J connectivity index is 2.07. The van der Waals surface area contributed by atoms with Crippen molar-refractivity contribution in [3.05, 3.63) is 30.3 Å². The second-order valence-electron chi connectivity index (χ2n) is 6.18. The summed E-state index contributed by atoms with van der Waals surface area (Å²) < 4.78 is 12.0. The molecule has 0 aromatic heterocycles. The highest BCUT2D eigenvalue weighted by Crippen LogP contribution is 2.24. The van der Waals surface area contributed by atoms with Gasteiger partial charge in [-0.2, -0.15) is 0 Å². The number of Topliss-reactive ketones (excluding diaryl/α,β-unsaturated/α-hetero) is 1. The van der Waals surface area contributed by atoms with Crippen LogP contribution in [0.3, 0.4) is 0 Å². The molecule has 2 rings (SSSR count). The molecule has 0 aliphatic carbocycles. The summed E-state index contributed by atoms with van der Waals surface area (Å²) in [5.41, 5.74) is 0.985. The first-order chi connectivity index (χ1) is 10.1. The van der Waals surface area contributed by atoms with Crippen LogP contribution >= 0.6 is 0 Å². The van der Waals surface area contributed by atoms with Gasteiger partial charge in [0, 0.05) is 6.42 Å². The molecule has 0 bridgehead atoms. The number of benzene rings is 1. The van der Waals surface area contributed by atoms with Gasteiger partial charge in [-0.15, -0.1) is 0 Å². The molecule has 0 amide bonds. The third-order valence-electron chi connectivity index (χ3n) is 3.75. The molecule has 2 atom stereocenters. The Kier molecular flexibility index (Phi) is 6.01. The van der Waals surface area contributed by atoms with Crippen LogP contribution in [0.2, 0.25) is 0 Å². The second-order valence-corrected chi connectivity index (χ2v) is 6.18. The molecule has 3 nitrogen and oxygen atoms in total. The van der Waals surface area contributed by atoms with Gasteiger partial charge < -0.3 is 9.31 Å². The fourth-order valence-corrected chi connectivity index (χ4v) is 2.68. The summed E-state index contributed by atoms with van der Waals surface area (Å²) in [6.45, 7) is 6.27. The minimum atomic E-state index is -0.413. The van der Waals surface area contributed by atoms with Gasteiger partial charge in [-0.1, -0.05) is 63.9 Å². The van der Waals surface area contributed by atoms with Crippen molar-refractivity contribution in [3.8, 4) is 0 Å². The van der Waals surface area contributed by atoms with Crippen molar-refractivity contribution in [3.63, 3.8) is 0 Å². The van der Waals surface area contributed by atoms with Crippen LogP contribution in [0.25, 0.3) is 0 Å². The fourth-order valence-electron chi connectivity index (χ4n) is 2.68. The first kappa shape index (κ1) is 16.2. The summed E-state index contributed by atoms with van der Waals surface area (Å²) >= 11 is 0. The standard InChI is InChI=1S/C17H25BO3/c1-4-5-11-16-17(15(19)12-13(2)3)21-18(20-16)14-9-7-6-8-10-14/h6-10,13,16-17H,4-5,11-12H2,1-3H3/t16-,17-/m1/s1. The van der Waals surface area contributed by atoms with Crippen LogP contribution in [-0.2, 0) is 14.1 Å². The SMILES string of the molecule is CCCC[C@H]1OB(c2ccccc2)O[C@@H]1C(=O)CC(C)C. The monoisotopic (exact) mass is 288 g/mol. The van der Waals surface area contributed by atoms with Crippen LogP contribution in [0.4, 0.5) is 0 Å². The van der Waals surface area contributed by atoms with E-state index in [1.54, 1.807) is 0 Å². The highest BCUT2D eigenvalue weighted by Gasteiger charge is 2.43. The molecule has 114 valence electrons. The average molecular weight is 288 g/mol. The van der Waals surface area contributed by atoms with E-state index in [0.717, 1.165) is 24.7 Å². The summed E-state index contributed by atoms with van der Waals surface area (Å²) in [5, 5.41) is 0. The topological polar surface area (TPSA) is 35.5 Å². The predicted octanol–water partition coefficient (Wildman–Crippen LogP) is 2.97. The molecule has 0 saturated carbocycles. The van der Waals surface area contributed by atoms with Gasteiger partial charge in [0.25, 0.3) is 0 Å². The maximum absolute atomic E-state index is 12.4. The molecule has 1 aliphatic heterocycles. The molecule has 4 heteroatoms. The van der Waals surface area contributed by atoms with Crippen LogP contribution in [0, 0.1) is 5.92 Å². The highest BCUT2D eigenvalue weighted by molar-refractivity contribution is 6.62. The van der Waals surface area contributed by atoms with E-state index < -0.39 is 13.2 Å². The van der Waals surface area contributed by atoms with Crippen molar-refractivity contribution < 1.29 is 14.1 Å². The normalized spacial score (nSPS) is 22.0. The lowest BCUT2D eigenvalue weighted by Gasteiger charge is -2.17. The van der Waals surface area contributed by atoms with Gasteiger partial charge in [0.15, 0.2) is 5.78 Å². The van der Waals surface area contributed by atoms with Gasteiger partial charge in [0.05, 0.1) is 6.10 Å². The van der Waals surface area contributed by atoms with Crippen LogP contribution in [0.15, 0.2) is 30.3 Å². The van der Waals surface area contributed by atoms with Crippen molar-refractivity contribution >= 4 is 18.4 Å². The van der Waals surface area contributed by atoms with Gasteiger partial charge in [-0.05, 0) is 17.8 Å². The summed E-state index contributed by atoms with van der Waals surface area (Å²) in [6.07, 6.45) is 3.07. The summed E-state index contributed by atoms with van der Waals surface area (Å²) in [4.78, 5) is 12.4. The van der Waals surface area contributed by atoms with Gasteiger partial charge in [-0.25, -0.2) is 0 Å². The number of unbranched alkanes of at least 4 members (excludes halogenated alkanes) is 1. The Morgan fingerprint density at radius 3 is 2.57 bits per heavy atom. The molecule has 0 radical (unpaired) electrons. The number of carbonyl (C=O) groups excluding carboxylic acids is 1. The fraction of sp³-hybridized carbons (Fsp3) is 0.588. The zero-order valence-corrected chi connectivity index (χ0v) is 13.2. The van der Waals surface area contributed by atoms with Crippen LogP contribution in [0.1, 0.15) is 46.5 Å². The zero-order valence-electron chi connectivity index (χ0n) is 13.2. The number of hydrogen-bond acceptors (Lipinski definition) is 3. The summed E-state index contributed by atoms with van der Waals surface area (Å²) in [5.74, 6) is 0.522. The molecule has 1 heterocycles. The molecule has 0 spiro atoms. The van der Waals surface area contributed by atoms with E-state index in [2.05, 4.69) is 20.8 Å². The third kappa shape index (κ3) is 4.42. The van der Waals surface area contributed by atoms with Gasteiger partial charge in [-0.3, -0.25) is 4.79 Å². The average Bonchev–Trinajstić information content (AvgIpc) is 2.89. The lowest BCUT2D eigenvalue weighted by atomic mass is 9.79. The van der Waals surface area contributed by atoms with E-state index in [1.165, 1.54) is 0 Å². The Labute approximate surface area is 128 Å². The summed E-state index contributed by atoms with van der Waals surface area (Å²) in [7, 11) is -0.408. The van der Waals surface area contributed by atoms with Gasteiger partial charge in [0.2, 0.25) is 0 Å². The molecule has 21 heavy (non-hydrogen) atoms. The quantitative estimate of drug-likeness (QED) is 0.724. The Morgan fingerprint density at radius 2 is 1.95 bits per heavy atom. The Hall–Kier alpha value is -1.13. The molecular formula is C17H25BO3. The predicted molar refractivity (Wildman–Crippen MR) is 85.6 cm³/mol. The van der Waals surface area contributed by atoms with E-state index in [-0.39, 0.29) is 11.9 Å². The molecular weight excluding hydrogens is 263 g/mol. The van der Waals surface area contributed by atoms with Crippen molar-refractivity contribution in [1.82, 2.24) is 0 Å². The minimum Gasteiger partial charge on any atom is -0.401 e. The number of ketones is 1. The zero-order chi connectivity index (χ0) is 15.2. The number of carbonyl (C=O) groups is 1. The van der Waals surface area contributed by atoms with E-state index in [4.69, 9.17) is 9.31 Å². The van der Waals surface area contributed by atoms with Crippen molar-refractivity contribution in [2.45, 2.75) is 58.7 Å². The van der Waals surface area contributed by atoms with E-state index in [1.807, 2.05) is 30.3 Å². The third-order valence-corrected chi connectivity index (χ3v) is 3.75. The lowest BCUT2D eigenvalue weighted by Crippen LogP contribution is -2.34. The molecule has 1 aliphatic rings. The van der Waals surface area contributed by atoms with Crippen molar-refractivity contribution in [1.29, 1.82) is 0 Å². The van der Waals surface area contributed by atoms with Gasteiger partial charge in [0.1, 0.15) is 6.10 Å². The first-order valence-electron chi connectivity index (χ1n) is 8.00. The van der Waals surface area contributed by atoms with E-state index in [0.29, 0.717) is 12.3 Å². The van der Waals surface area contributed by atoms with Crippen LogP contribution in [-0.4, -0.2) is 25.1 Å². The number of rotatable bonds is 7. The number of hydrogen-bond donors (Lipinski definition) is 0. The molecule has 1 aromatic carbocycles. The van der Waals surface area contributed by atoms with E-state index >= 15 is 0 Å². The lowest BCUT2D eigenvalue weighted by molar-refractivity contribution is -0.127. The minimum absolute atomic E-state index is 0.110. The highest BCUT2D eigenvalue weighted by atomic mass is 16.7. The van der Waals surface area contributed by atoms with Crippen molar-refractivity contribution in [2.75, 3.05) is 0 Å². The maximum Gasteiger partial charge on any atom is 0.494 e. The Morgan fingerprint density at radius 1 is 1.24 bits per heavy atom. The molecule has 1 fully saturated rings. The largest absolute Gasteiger partial charge is 0.494 e. The van der Waals surface area contributed by atoms with Crippen LogP contribution in [0.5, 0.6) is 0 Å². The first-order valence-corrected chi connectivity index (χ1v) is 8.00. The smallest absolute Gasteiger partial charge is 0.401 e. The Bertz CT molecular complexity index is 447. The summed E-state index contributed by atoms with van der Waals surface area (Å²) in [6, 6.07) is 9.86. The molecule has 1 aromatic rings. The molecule has 0 N–H and O–H groups in total. The van der Waals surface area contributed by atoms with E-state index in [9.17, 15) is 4.79 Å². The second kappa shape index (κ2) is 7.76. The molecule has 1 saturated heterocycles.